The van der Waals surface area contributed by atoms with E-state index >= 15 is 0 Å². The van der Waals surface area contributed by atoms with Crippen molar-refractivity contribution in [1.29, 1.82) is 0 Å². The zero-order valence-corrected chi connectivity index (χ0v) is 17.7. The number of rotatable bonds is 8. The maximum absolute atomic E-state index is 12.9. The molecule has 1 aliphatic heterocycles. The molecule has 1 heterocycles. The average Bonchev–Trinajstić information content (AvgIpc) is 3.55. The minimum Gasteiger partial charge on any atom is -0.349 e. The van der Waals surface area contributed by atoms with E-state index in [2.05, 4.69) is 50.4 Å². The predicted molar refractivity (Wildman–Crippen MR) is 113 cm³/mol. The van der Waals surface area contributed by atoms with E-state index in [1.54, 1.807) is 0 Å². The Hall–Kier alpha value is -1.84. The largest absolute Gasteiger partial charge is 0.349 e. The van der Waals surface area contributed by atoms with Crippen molar-refractivity contribution in [2.45, 2.75) is 71.8 Å². The van der Waals surface area contributed by atoms with E-state index in [4.69, 9.17) is 0 Å². The fraction of sp³-hybridized carbons (Fsp3) is 0.667. The van der Waals surface area contributed by atoms with Gasteiger partial charge in [-0.2, -0.15) is 0 Å². The summed E-state index contributed by atoms with van der Waals surface area (Å²) < 4.78 is 0. The van der Waals surface area contributed by atoms with Crippen LogP contribution in [-0.2, 0) is 16.0 Å². The number of nitrogens with one attached hydrogen (secondary N) is 1. The first-order valence-electron chi connectivity index (χ1n) is 11.2. The smallest absolute Gasteiger partial charge is 0.225 e. The van der Waals surface area contributed by atoms with Crippen molar-refractivity contribution in [3.8, 4) is 0 Å². The van der Waals surface area contributed by atoms with Gasteiger partial charge in [-0.1, -0.05) is 51.5 Å². The Morgan fingerprint density at radius 3 is 2.21 bits per heavy atom. The maximum Gasteiger partial charge on any atom is 0.225 e. The van der Waals surface area contributed by atoms with Crippen LogP contribution in [0, 0.1) is 17.8 Å². The van der Waals surface area contributed by atoms with Gasteiger partial charge in [0, 0.05) is 24.9 Å². The van der Waals surface area contributed by atoms with E-state index in [0.29, 0.717) is 11.8 Å². The molecule has 0 radical (unpaired) electrons. The molecule has 3 rings (SSSR count). The fourth-order valence-corrected chi connectivity index (χ4v) is 4.13. The van der Waals surface area contributed by atoms with Crippen molar-refractivity contribution in [3.05, 3.63) is 35.4 Å². The summed E-state index contributed by atoms with van der Waals surface area (Å²) in [6, 6.07) is 8.79. The number of amides is 2. The molecule has 28 heavy (non-hydrogen) atoms. The van der Waals surface area contributed by atoms with Gasteiger partial charge < -0.3 is 10.2 Å². The summed E-state index contributed by atoms with van der Waals surface area (Å²) in [7, 11) is 0. The fourth-order valence-electron chi connectivity index (χ4n) is 4.13. The summed E-state index contributed by atoms with van der Waals surface area (Å²) in [5, 5.41) is 3.30. The lowest BCUT2D eigenvalue weighted by Crippen LogP contribution is -2.44. The zero-order chi connectivity index (χ0) is 20.1. The molecule has 2 amide bonds. The van der Waals surface area contributed by atoms with Gasteiger partial charge in [0.2, 0.25) is 11.8 Å². The summed E-state index contributed by atoms with van der Waals surface area (Å²) in [4.78, 5) is 27.1. The molecule has 1 saturated heterocycles. The highest BCUT2D eigenvalue weighted by Crippen LogP contribution is 2.32. The summed E-state index contributed by atoms with van der Waals surface area (Å²) in [6.45, 7) is 7.99. The molecular formula is C24H36N2O2. The van der Waals surface area contributed by atoms with Crippen LogP contribution in [0.15, 0.2) is 24.3 Å². The molecule has 1 saturated carbocycles. The number of unbranched alkanes of at least 4 members (excludes halogenated alkanes) is 1. The van der Waals surface area contributed by atoms with Crippen molar-refractivity contribution < 1.29 is 9.59 Å². The molecule has 2 fully saturated rings. The van der Waals surface area contributed by atoms with E-state index < -0.39 is 0 Å². The van der Waals surface area contributed by atoms with Crippen molar-refractivity contribution in [3.63, 3.8) is 0 Å². The summed E-state index contributed by atoms with van der Waals surface area (Å²) in [6.07, 6.45) is 7.20. The first-order chi connectivity index (χ1) is 13.5. The Kier molecular flexibility index (Phi) is 7.14. The van der Waals surface area contributed by atoms with Gasteiger partial charge in [0.05, 0.1) is 6.04 Å². The van der Waals surface area contributed by atoms with Crippen LogP contribution in [0.25, 0.3) is 0 Å². The number of carbonyl (C=O) groups excluding carboxylic acids is 2. The van der Waals surface area contributed by atoms with E-state index in [9.17, 15) is 9.59 Å². The Morgan fingerprint density at radius 2 is 1.68 bits per heavy atom. The van der Waals surface area contributed by atoms with Gasteiger partial charge in [0.15, 0.2) is 0 Å². The minimum atomic E-state index is 0.0216. The number of hydrogen-bond acceptors (Lipinski definition) is 2. The number of aryl methyl sites for hydroxylation is 1. The van der Waals surface area contributed by atoms with E-state index in [1.807, 2.05) is 4.90 Å². The highest BCUT2D eigenvalue weighted by Gasteiger charge is 2.36. The molecular weight excluding hydrogens is 348 g/mol. The lowest BCUT2D eigenvalue weighted by Gasteiger charge is -2.33. The SMILES string of the molecule is CCCCc1ccc(C(NC(=O)C2CCN(C(=O)C3CC3)CC2)C(C)C)cc1. The molecule has 1 unspecified atom stereocenters. The minimum absolute atomic E-state index is 0.0216. The third kappa shape index (κ3) is 5.36. The van der Waals surface area contributed by atoms with Gasteiger partial charge in [0.25, 0.3) is 0 Å². The number of carbonyl (C=O) groups is 2. The second kappa shape index (κ2) is 9.58. The topological polar surface area (TPSA) is 49.4 Å². The quantitative estimate of drug-likeness (QED) is 0.718. The monoisotopic (exact) mass is 384 g/mol. The molecule has 154 valence electrons. The van der Waals surface area contributed by atoms with Crippen molar-refractivity contribution in [2.75, 3.05) is 13.1 Å². The van der Waals surface area contributed by atoms with E-state index in [1.165, 1.54) is 24.0 Å². The molecule has 0 aromatic heterocycles. The second-order valence-corrected chi connectivity index (χ2v) is 8.95. The van der Waals surface area contributed by atoms with Crippen LogP contribution in [0.5, 0.6) is 0 Å². The number of nitrogens with zero attached hydrogens (tertiary/aromatic N) is 1. The first-order valence-corrected chi connectivity index (χ1v) is 11.2. The van der Waals surface area contributed by atoms with Gasteiger partial charge in [-0.15, -0.1) is 0 Å². The molecule has 4 nitrogen and oxygen atoms in total. The Balaban J connectivity index is 1.55. The van der Waals surface area contributed by atoms with Crippen LogP contribution in [0.4, 0.5) is 0 Å². The molecule has 1 aromatic carbocycles. The molecule has 4 heteroatoms. The summed E-state index contributed by atoms with van der Waals surface area (Å²) >= 11 is 0. The third-order valence-electron chi connectivity index (χ3n) is 6.23. The summed E-state index contributed by atoms with van der Waals surface area (Å²) in [5.74, 6) is 1.08. The summed E-state index contributed by atoms with van der Waals surface area (Å²) in [5.41, 5.74) is 2.55. The number of benzene rings is 1. The lowest BCUT2D eigenvalue weighted by molar-refractivity contribution is -0.137. The van der Waals surface area contributed by atoms with E-state index in [0.717, 1.165) is 45.2 Å². The molecule has 1 aliphatic carbocycles. The van der Waals surface area contributed by atoms with Gasteiger partial charge in [0.1, 0.15) is 0 Å². The first kappa shape index (κ1) is 20.9. The van der Waals surface area contributed by atoms with Crippen LogP contribution in [0.3, 0.4) is 0 Å². The highest BCUT2D eigenvalue weighted by atomic mass is 16.2. The van der Waals surface area contributed by atoms with Gasteiger partial charge in [-0.05, 0) is 55.6 Å². The molecule has 0 spiro atoms. The molecule has 1 N–H and O–H groups in total. The number of piperidine rings is 1. The van der Waals surface area contributed by atoms with Crippen LogP contribution in [0.2, 0.25) is 0 Å². The van der Waals surface area contributed by atoms with Crippen molar-refractivity contribution in [2.24, 2.45) is 17.8 Å². The Bertz CT molecular complexity index is 656. The standard InChI is InChI=1S/C24H36N2O2/c1-4-5-6-18-7-9-19(10-8-18)22(17(2)3)25-23(27)20-13-15-26(16-14-20)24(28)21-11-12-21/h7-10,17,20-22H,4-6,11-16H2,1-3H3,(H,25,27). The number of likely N-dealkylation sites (tertiary alicyclic amines) is 1. The predicted octanol–water partition coefficient (Wildman–Crippen LogP) is 4.49. The Morgan fingerprint density at radius 1 is 1.04 bits per heavy atom. The van der Waals surface area contributed by atoms with Crippen molar-refractivity contribution in [1.82, 2.24) is 10.2 Å². The average molecular weight is 385 g/mol. The Labute approximate surface area is 170 Å². The van der Waals surface area contributed by atoms with Crippen LogP contribution in [0.1, 0.15) is 76.5 Å². The van der Waals surface area contributed by atoms with Crippen molar-refractivity contribution >= 4 is 11.8 Å². The molecule has 2 aliphatic rings. The van der Waals surface area contributed by atoms with Crippen LogP contribution < -0.4 is 5.32 Å². The number of hydrogen-bond donors (Lipinski definition) is 1. The third-order valence-corrected chi connectivity index (χ3v) is 6.23. The van der Waals surface area contributed by atoms with Crippen LogP contribution >= 0.6 is 0 Å². The van der Waals surface area contributed by atoms with Gasteiger partial charge >= 0.3 is 0 Å². The normalized spacial score (nSPS) is 18.9. The highest BCUT2D eigenvalue weighted by molar-refractivity contribution is 5.82. The lowest BCUT2D eigenvalue weighted by atomic mass is 9.91. The second-order valence-electron chi connectivity index (χ2n) is 8.95. The molecule has 1 atom stereocenters. The van der Waals surface area contributed by atoms with E-state index in [-0.39, 0.29) is 23.8 Å². The maximum atomic E-state index is 12.9. The zero-order valence-electron chi connectivity index (χ0n) is 17.7. The van der Waals surface area contributed by atoms with Crippen LogP contribution in [-0.4, -0.2) is 29.8 Å². The van der Waals surface area contributed by atoms with Gasteiger partial charge in [-0.3, -0.25) is 9.59 Å². The molecule has 0 bridgehead atoms. The van der Waals surface area contributed by atoms with Gasteiger partial charge in [-0.25, -0.2) is 0 Å². The molecule has 1 aromatic rings.